The van der Waals surface area contributed by atoms with E-state index >= 15 is 0 Å². The van der Waals surface area contributed by atoms with Crippen LogP contribution in [0.4, 0.5) is 25.8 Å². The van der Waals surface area contributed by atoms with Crippen molar-refractivity contribution >= 4 is 98.7 Å². The zero-order chi connectivity index (χ0) is 100. The summed E-state index contributed by atoms with van der Waals surface area (Å²) < 4.78 is 71.3. The Bertz CT molecular complexity index is 7110. The molecule has 4 heterocycles. The van der Waals surface area contributed by atoms with E-state index in [1.165, 1.54) is 29.2 Å². The van der Waals surface area contributed by atoms with Crippen molar-refractivity contribution in [2.24, 2.45) is 10.7 Å². The molecule has 718 valence electrons. The molecule has 0 saturated heterocycles. The number of benzene rings is 13. The number of nitrogens with zero attached hydrogens (tertiary/aromatic N) is 12. The van der Waals surface area contributed by atoms with Crippen molar-refractivity contribution in [1.29, 1.82) is 5.26 Å². The molecule has 0 saturated carbocycles. The average molecular weight is 1990 g/mol. The molecule has 13 aromatic carbocycles. The summed E-state index contributed by atoms with van der Waals surface area (Å²) in [4.78, 5) is 62.6. The van der Waals surface area contributed by atoms with E-state index in [1.807, 2.05) is 258 Å². The lowest BCUT2D eigenvalue weighted by molar-refractivity contribution is -0.142. The maximum Gasteiger partial charge on any atom is 0.311 e. The van der Waals surface area contributed by atoms with Crippen LogP contribution in [0.2, 0.25) is 25.1 Å². The van der Waals surface area contributed by atoms with Gasteiger partial charge in [-0.3, -0.25) is 32.7 Å². The van der Waals surface area contributed by atoms with Gasteiger partial charge in [0.1, 0.15) is 81.3 Å². The third-order valence-electron chi connectivity index (χ3n) is 21.4. The third kappa shape index (κ3) is 28.6. The first-order valence-corrected chi connectivity index (χ1v) is 45.7. The fraction of sp³-hybridized carbons (Fsp3) is 0.136. The highest BCUT2D eigenvalue weighted by Crippen LogP contribution is 2.38. The van der Waals surface area contributed by atoms with Crippen LogP contribution in [0.25, 0.3) is 68.3 Å². The van der Waals surface area contributed by atoms with E-state index in [9.17, 15) is 23.2 Å². The number of rotatable bonds is 28. The van der Waals surface area contributed by atoms with Crippen LogP contribution in [0.15, 0.2) is 345 Å². The monoisotopic (exact) mass is 1990 g/mol. The molecule has 17 aromatic rings. The summed E-state index contributed by atoms with van der Waals surface area (Å²) in [5.74, 6) is 5.33. The predicted molar refractivity (Wildman–Crippen MR) is 553 cm³/mol. The number of esters is 1. The van der Waals surface area contributed by atoms with Gasteiger partial charge in [-0.05, 0) is 250 Å². The number of hydrogen-bond donors (Lipinski definition) is 2. The highest BCUT2D eigenvalue weighted by molar-refractivity contribution is 6.32. The molecule has 0 radical (unpaired) electrons. The first-order chi connectivity index (χ1) is 68.3. The molecular weight excluding hydrogens is 1890 g/mol. The Hall–Kier alpha value is -16.0. The third-order valence-corrected chi connectivity index (χ3v) is 22.6. The van der Waals surface area contributed by atoms with Gasteiger partial charge in [0.15, 0.2) is 0 Å². The maximum atomic E-state index is 13.2. The lowest BCUT2D eigenvalue weighted by Crippen LogP contribution is -2.27. The van der Waals surface area contributed by atoms with Crippen molar-refractivity contribution in [2.75, 3.05) is 79.7 Å². The first kappa shape index (κ1) is 104. The van der Waals surface area contributed by atoms with Gasteiger partial charge in [0.2, 0.25) is 5.91 Å². The largest absolute Gasteiger partial charge is 0.496 e. The second kappa shape index (κ2) is 51.4. The Kier molecular flexibility index (Phi) is 37.9. The zero-order valence-electron chi connectivity index (χ0n) is 78.2. The number of para-hydroxylation sites is 6. The molecule has 0 aliphatic heterocycles. The van der Waals surface area contributed by atoms with E-state index < -0.39 is 5.97 Å². The Morgan fingerprint density at radius 3 is 1.06 bits per heavy atom. The van der Waals surface area contributed by atoms with Gasteiger partial charge in [-0.1, -0.05) is 131 Å². The number of ether oxygens (including phenoxy) is 7. The number of halogens is 7. The Labute approximate surface area is 840 Å². The minimum absolute atomic E-state index is 0.0800. The van der Waals surface area contributed by atoms with Gasteiger partial charge in [-0.25, -0.2) is 33.7 Å². The zero-order valence-corrected chi connectivity index (χ0v) is 82.0. The van der Waals surface area contributed by atoms with Crippen LogP contribution >= 0.6 is 58.0 Å². The van der Waals surface area contributed by atoms with Crippen molar-refractivity contribution < 1.29 is 61.4 Å². The van der Waals surface area contributed by atoms with E-state index in [2.05, 4.69) is 24.4 Å². The number of aliphatic carboxylic acids is 1. The fourth-order valence-electron chi connectivity index (χ4n) is 14.4. The second-order valence-electron chi connectivity index (χ2n) is 30.7. The molecule has 141 heavy (non-hydrogen) atoms. The molecule has 0 atom stereocenters. The van der Waals surface area contributed by atoms with Crippen LogP contribution in [-0.4, -0.2) is 137 Å². The van der Waals surface area contributed by atoms with Gasteiger partial charge in [-0.15, -0.1) is 0 Å². The summed E-state index contributed by atoms with van der Waals surface area (Å²) in [5, 5.41) is 20.8. The molecule has 0 unspecified atom stereocenters. The summed E-state index contributed by atoms with van der Waals surface area (Å²) in [7, 11) is 13.3. The van der Waals surface area contributed by atoms with Gasteiger partial charge < -0.3 is 53.8 Å². The number of nitrogens with two attached hydrogens (primary N) is 1. The number of carboxylic acid groups (broad SMARTS) is 1. The molecule has 0 aliphatic carbocycles. The number of hydrogen-bond acceptors (Lipinski definition) is 17. The van der Waals surface area contributed by atoms with Gasteiger partial charge in [0, 0.05) is 111 Å². The molecule has 0 spiro atoms. The number of carbonyl (C=O) groups is 3. The molecule has 24 nitrogen and oxygen atoms in total. The topological polar surface area (TPSA) is 276 Å². The van der Waals surface area contributed by atoms with Gasteiger partial charge >= 0.3 is 11.9 Å². The van der Waals surface area contributed by atoms with E-state index in [1.54, 1.807) is 142 Å². The van der Waals surface area contributed by atoms with Gasteiger partial charge in [-0.2, -0.15) is 5.26 Å². The number of amidine groups is 1. The highest BCUT2D eigenvalue weighted by atomic mass is 35.5. The number of amides is 1. The molecule has 31 heteroatoms. The van der Waals surface area contributed by atoms with E-state index in [-0.39, 0.29) is 42.8 Å². The Morgan fingerprint density at radius 1 is 0.397 bits per heavy atom. The quantitative estimate of drug-likeness (QED) is 0.0262. The van der Waals surface area contributed by atoms with Crippen molar-refractivity contribution in [3.05, 3.63) is 411 Å². The standard InChI is InChI=1S/C25H21ClFN3O2.C25H23ClFN3O.C20H19ClN2O3.C18H15ClN2O3.C14H13ClN2O.C8H7NO/c1-29(20-13-9-18(27)10-14-20)24(31)15-19-16-30(21-11-7-17(26)8-12-21)25(28-19)22-5-3-4-6-23(22)32-2;1-29(21-13-9-19(27)10-14-21)16-15-20-17-30(22-11-7-18(26)8-12-22)25(28-20)23-5-3-4-6-24(23)31-2;1-3-26-19(24)12-15-13-23(16-10-8-14(21)9-11-16)20(22-15)17-6-4-5-7-18(17)25-2;1-24-16-5-3-2-4-15(16)18-20-13(10-17(22)23)11-21(18)14-8-6-12(19)7-9-14;1-18-13-5-3-2-4-12(13)14(16)17-11-8-6-10(15)7-9-11;1-10-8-5-3-2-4-7(8)6-9/h3-14,16H,15H2,1-2H3;3-14,17H,15-16H2,1-2H3;4-11,13H,3,12H2,1-2H3;2-9,11H,10H2,1H3,(H,22,23);2-9H,1H3,(H2,16,17);2-5H,1H3. The normalized spacial score (nSPS) is 10.6. The Balaban J connectivity index is 0.000000155. The van der Waals surface area contributed by atoms with Crippen molar-refractivity contribution in [1.82, 2.24) is 38.2 Å². The number of aliphatic imine (C=N–C) groups is 1. The number of carboxylic acids is 1. The van der Waals surface area contributed by atoms with Gasteiger partial charge in [0.05, 0.1) is 130 Å². The van der Waals surface area contributed by atoms with Crippen LogP contribution in [0.5, 0.6) is 34.5 Å². The minimum atomic E-state index is -0.928. The molecule has 3 N–H and O–H groups in total. The van der Waals surface area contributed by atoms with Crippen LogP contribution < -0.4 is 44.0 Å². The lowest BCUT2D eigenvalue weighted by Gasteiger charge is -2.18. The summed E-state index contributed by atoms with van der Waals surface area (Å²) >= 11 is 29.9. The number of anilines is 2. The van der Waals surface area contributed by atoms with Crippen LogP contribution in [0.3, 0.4) is 0 Å². The highest BCUT2D eigenvalue weighted by Gasteiger charge is 2.24. The summed E-state index contributed by atoms with van der Waals surface area (Å²) in [5.41, 5.74) is 19.2. The summed E-state index contributed by atoms with van der Waals surface area (Å²) in [6.07, 6.45) is 8.21. The summed E-state index contributed by atoms with van der Waals surface area (Å²) in [6.45, 7) is 2.87. The molecule has 0 bridgehead atoms. The molecule has 4 aromatic heterocycles. The number of carbonyl (C=O) groups excluding carboxylic acids is 2. The predicted octanol–water partition coefficient (Wildman–Crippen LogP) is 24.7. The minimum Gasteiger partial charge on any atom is -0.496 e. The molecule has 0 aliphatic rings. The first-order valence-electron chi connectivity index (χ1n) is 43.8. The van der Waals surface area contributed by atoms with Crippen molar-refractivity contribution in [3.63, 3.8) is 0 Å². The molecule has 0 fully saturated rings. The van der Waals surface area contributed by atoms with Crippen molar-refractivity contribution in [3.8, 4) is 109 Å². The van der Waals surface area contributed by atoms with Crippen LogP contribution in [-0.2, 0) is 44.8 Å². The smallest absolute Gasteiger partial charge is 0.311 e. The SMILES string of the molecule is CCOC(=O)Cc1cn(-c2ccc(Cl)cc2)c(-c2ccccc2OC)n1.COc1ccccc1-c1nc(CC(=O)N(C)c2ccc(F)cc2)cn1-c1ccc(Cl)cc1.COc1ccccc1-c1nc(CC(=O)O)cn1-c1ccc(Cl)cc1.COc1ccccc1-c1nc(CCN(C)c2ccc(F)cc2)cn1-c1ccc(Cl)cc1.COc1ccccc1C#N.COc1ccccc1C(N)=Nc1ccc(Cl)cc1. The molecular formula is C110H98Cl5F2N13O11. The number of methoxy groups -OCH3 is 6. The molecule has 17 rings (SSSR count). The van der Waals surface area contributed by atoms with Crippen molar-refractivity contribution in [2.45, 2.75) is 32.6 Å². The number of aromatic nitrogens is 8. The lowest BCUT2D eigenvalue weighted by atomic mass is 10.2. The van der Waals surface area contributed by atoms with Gasteiger partial charge in [0.25, 0.3) is 0 Å². The van der Waals surface area contributed by atoms with Crippen LogP contribution in [0.1, 0.15) is 40.8 Å². The summed E-state index contributed by atoms with van der Waals surface area (Å²) in [6, 6.07) is 96.4. The van der Waals surface area contributed by atoms with Crippen LogP contribution in [0, 0.1) is 23.0 Å². The molecule has 1 amide bonds. The van der Waals surface area contributed by atoms with E-state index in [0.29, 0.717) is 112 Å². The fourth-order valence-corrected chi connectivity index (χ4v) is 15.0. The number of imidazole rings is 4. The van der Waals surface area contributed by atoms with E-state index in [0.717, 1.165) is 92.2 Å². The Morgan fingerprint density at radius 2 is 0.709 bits per heavy atom. The number of likely N-dealkylation sites (N-methyl/N-ethyl adjacent to an activating group) is 2. The second-order valence-corrected chi connectivity index (χ2v) is 32.9. The maximum absolute atomic E-state index is 13.2. The average Bonchev–Trinajstić information content (AvgIpc) is 1.68. The van der Waals surface area contributed by atoms with E-state index in [4.69, 9.17) is 117 Å². The number of nitriles is 1.